The van der Waals surface area contributed by atoms with Crippen molar-refractivity contribution in [3.63, 3.8) is 0 Å². The molecule has 0 saturated carbocycles. The summed E-state index contributed by atoms with van der Waals surface area (Å²) in [7, 11) is 0. The summed E-state index contributed by atoms with van der Waals surface area (Å²) in [5, 5.41) is 1.03. The van der Waals surface area contributed by atoms with Gasteiger partial charge in [0.15, 0.2) is 0 Å². The zero-order chi connectivity index (χ0) is 13.4. The molecule has 1 unspecified atom stereocenters. The number of hydrogen-bond acceptors (Lipinski definition) is 2. The Kier molecular flexibility index (Phi) is 3.33. The molecule has 19 heavy (non-hydrogen) atoms. The standard InChI is InChI=1S/C14H15BrN2O2/c1-9-8-17(6-7-19-9)14(18)13-12(15)10-4-2-3-5-11(10)16-13/h2-5,9,16H,6-8H2,1H3. The zero-order valence-corrected chi connectivity index (χ0v) is 12.2. The first-order chi connectivity index (χ1) is 9.16. The molecular formula is C14H15BrN2O2. The molecular weight excluding hydrogens is 308 g/mol. The van der Waals surface area contributed by atoms with E-state index in [9.17, 15) is 4.79 Å². The molecule has 0 radical (unpaired) electrons. The maximum absolute atomic E-state index is 12.5. The third kappa shape index (κ3) is 2.28. The Hall–Kier alpha value is -1.33. The van der Waals surface area contributed by atoms with Crippen LogP contribution < -0.4 is 0 Å². The molecule has 1 fully saturated rings. The van der Waals surface area contributed by atoms with Crippen molar-refractivity contribution in [2.45, 2.75) is 13.0 Å². The number of morpholine rings is 1. The number of para-hydroxylation sites is 1. The summed E-state index contributed by atoms with van der Waals surface area (Å²) in [5.41, 5.74) is 1.59. The summed E-state index contributed by atoms with van der Waals surface area (Å²) in [5.74, 6) is 0.0261. The number of aromatic nitrogens is 1. The summed E-state index contributed by atoms with van der Waals surface area (Å²) in [4.78, 5) is 17.6. The number of amides is 1. The van der Waals surface area contributed by atoms with Crippen molar-refractivity contribution in [2.24, 2.45) is 0 Å². The lowest BCUT2D eigenvalue weighted by molar-refractivity contribution is -0.0126. The van der Waals surface area contributed by atoms with E-state index in [2.05, 4.69) is 20.9 Å². The average Bonchev–Trinajstić information content (AvgIpc) is 2.76. The van der Waals surface area contributed by atoms with E-state index in [1.54, 1.807) is 0 Å². The Bertz CT molecular complexity index is 623. The van der Waals surface area contributed by atoms with Crippen molar-refractivity contribution in [2.75, 3.05) is 19.7 Å². The lowest BCUT2D eigenvalue weighted by Gasteiger charge is -2.30. The van der Waals surface area contributed by atoms with E-state index >= 15 is 0 Å². The Labute approximate surface area is 119 Å². The smallest absolute Gasteiger partial charge is 0.271 e. The number of fused-ring (bicyclic) bond motifs is 1. The summed E-state index contributed by atoms with van der Waals surface area (Å²) in [6, 6.07) is 7.88. The molecule has 1 aromatic carbocycles. The number of rotatable bonds is 1. The normalized spacial score (nSPS) is 19.9. The fraction of sp³-hybridized carbons (Fsp3) is 0.357. The number of hydrogen-bond donors (Lipinski definition) is 1. The lowest BCUT2D eigenvalue weighted by atomic mass is 10.2. The highest BCUT2D eigenvalue weighted by Crippen LogP contribution is 2.28. The fourth-order valence-corrected chi connectivity index (χ4v) is 3.03. The zero-order valence-electron chi connectivity index (χ0n) is 10.6. The quantitative estimate of drug-likeness (QED) is 0.877. The van der Waals surface area contributed by atoms with Crippen molar-refractivity contribution in [3.05, 3.63) is 34.4 Å². The largest absolute Gasteiger partial charge is 0.375 e. The molecule has 3 rings (SSSR count). The molecule has 1 saturated heterocycles. The van der Waals surface area contributed by atoms with Gasteiger partial charge in [-0.3, -0.25) is 4.79 Å². The van der Waals surface area contributed by atoms with Gasteiger partial charge >= 0.3 is 0 Å². The average molecular weight is 323 g/mol. The van der Waals surface area contributed by atoms with Crippen LogP contribution in [0.2, 0.25) is 0 Å². The van der Waals surface area contributed by atoms with Crippen molar-refractivity contribution in [3.8, 4) is 0 Å². The van der Waals surface area contributed by atoms with E-state index in [0.717, 1.165) is 15.4 Å². The molecule has 1 aliphatic heterocycles. The van der Waals surface area contributed by atoms with Gasteiger partial charge < -0.3 is 14.6 Å². The minimum Gasteiger partial charge on any atom is -0.375 e. The highest BCUT2D eigenvalue weighted by atomic mass is 79.9. The number of carbonyl (C=O) groups is 1. The maximum Gasteiger partial charge on any atom is 0.271 e. The van der Waals surface area contributed by atoms with Gasteiger partial charge in [-0.1, -0.05) is 18.2 Å². The van der Waals surface area contributed by atoms with Gasteiger partial charge in [0.25, 0.3) is 5.91 Å². The topological polar surface area (TPSA) is 45.3 Å². The number of nitrogens with zero attached hydrogens (tertiary/aromatic N) is 1. The molecule has 0 spiro atoms. The lowest BCUT2D eigenvalue weighted by Crippen LogP contribution is -2.44. The van der Waals surface area contributed by atoms with Crippen LogP contribution in [0.5, 0.6) is 0 Å². The van der Waals surface area contributed by atoms with Gasteiger partial charge in [-0.2, -0.15) is 0 Å². The van der Waals surface area contributed by atoms with Crippen LogP contribution in [-0.2, 0) is 4.74 Å². The van der Waals surface area contributed by atoms with E-state index in [4.69, 9.17) is 4.74 Å². The number of benzene rings is 1. The van der Waals surface area contributed by atoms with Crippen molar-refractivity contribution in [1.29, 1.82) is 0 Å². The van der Waals surface area contributed by atoms with Gasteiger partial charge in [-0.15, -0.1) is 0 Å². The van der Waals surface area contributed by atoms with E-state index in [1.807, 2.05) is 36.1 Å². The maximum atomic E-state index is 12.5. The van der Waals surface area contributed by atoms with Crippen molar-refractivity contribution >= 4 is 32.7 Å². The van der Waals surface area contributed by atoms with Crippen LogP contribution in [0, 0.1) is 0 Å². The van der Waals surface area contributed by atoms with Gasteiger partial charge in [0.1, 0.15) is 5.69 Å². The molecule has 0 bridgehead atoms. The molecule has 1 amide bonds. The van der Waals surface area contributed by atoms with E-state index < -0.39 is 0 Å². The minimum atomic E-state index is 0.0261. The molecule has 4 nitrogen and oxygen atoms in total. The molecule has 1 aliphatic rings. The highest BCUT2D eigenvalue weighted by molar-refractivity contribution is 9.10. The van der Waals surface area contributed by atoms with Gasteiger partial charge in [-0.25, -0.2) is 0 Å². The molecule has 5 heteroatoms. The predicted molar refractivity (Wildman–Crippen MR) is 77.3 cm³/mol. The Balaban J connectivity index is 1.95. The highest BCUT2D eigenvalue weighted by Gasteiger charge is 2.25. The summed E-state index contributed by atoms with van der Waals surface area (Å²) in [6.45, 7) is 3.87. The third-order valence-corrected chi connectivity index (χ3v) is 4.21. The van der Waals surface area contributed by atoms with Crippen LogP contribution in [0.4, 0.5) is 0 Å². The predicted octanol–water partition coefficient (Wildman–Crippen LogP) is 2.79. The molecule has 1 N–H and O–H groups in total. The molecule has 1 atom stereocenters. The number of aromatic amines is 1. The summed E-state index contributed by atoms with van der Waals surface area (Å²) < 4.78 is 6.31. The number of carbonyl (C=O) groups excluding carboxylic acids is 1. The van der Waals surface area contributed by atoms with Crippen molar-refractivity contribution in [1.82, 2.24) is 9.88 Å². The summed E-state index contributed by atoms with van der Waals surface area (Å²) in [6.07, 6.45) is 0.0980. The first kappa shape index (κ1) is 12.7. The van der Waals surface area contributed by atoms with Crippen LogP contribution in [-0.4, -0.2) is 41.6 Å². The number of H-pyrrole nitrogens is 1. The van der Waals surface area contributed by atoms with Crippen molar-refractivity contribution < 1.29 is 9.53 Å². The second kappa shape index (κ2) is 4.98. The summed E-state index contributed by atoms with van der Waals surface area (Å²) >= 11 is 3.52. The monoisotopic (exact) mass is 322 g/mol. The van der Waals surface area contributed by atoms with Crippen LogP contribution in [0.1, 0.15) is 17.4 Å². The second-order valence-corrected chi connectivity index (χ2v) is 5.59. The molecule has 100 valence electrons. The van der Waals surface area contributed by atoms with Crippen LogP contribution in [0.15, 0.2) is 28.7 Å². The first-order valence-corrected chi connectivity index (χ1v) is 7.13. The second-order valence-electron chi connectivity index (χ2n) is 4.79. The first-order valence-electron chi connectivity index (χ1n) is 6.34. The van der Waals surface area contributed by atoms with E-state index in [1.165, 1.54) is 0 Å². The Morgan fingerprint density at radius 3 is 3.00 bits per heavy atom. The Morgan fingerprint density at radius 2 is 2.26 bits per heavy atom. The number of ether oxygens (including phenoxy) is 1. The molecule has 0 aliphatic carbocycles. The van der Waals surface area contributed by atoms with E-state index in [0.29, 0.717) is 25.4 Å². The van der Waals surface area contributed by atoms with Crippen LogP contribution >= 0.6 is 15.9 Å². The minimum absolute atomic E-state index is 0.0261. The van der Waals surface area contributed by atoms with Gasteiger partial charge in [0.05, 0.1) is 17.2 Å². The van der Waals surface area contributed by atoms with Crippen LogP contribution in [0.3, 0.4) is 0 Å². The van der Waals surface area contributed by atoms with Gasteiger partial charge in [-0.05, 0) is 28.9 Å². The van der Waals surface area contributed by atoms with Gasteiger partial charge in [0, 0.05) is 24.0 Å². The van der Waals surface area contributed by atoms with Crippen LogP contribution in [0.25, 0.3) is 10.9 Å². The molecule has 2 aromatic rings. The third-order valence-electron chi connectivity index (χ3n) is 3.38. The van der Waals surface area contributed by atoms with Gasteiger partial charge in [0.2, 0.25) is 0 Å². The number of halogens is 1. The fourth-order valence-electron chi connectivity index (χ4n) is 2.42. The number of nitrogens with one attached hydrogen (secondary N) is 1. The van der Waals surface area contributed by atoms with E-state index in [-0.39, 0.29) is 12.0 Å². The Morgan fingerprint density at radius 1 is 1.47 bits per heavy atom. The molecule has 2 heterocycles. The molecule has 1 aromatic heterocycles. The SMILES string of the molecule is CC1CN(C(=O)c2[nH]c3ccccc3c2Br)CCO1.